The molecule has 0 atom stereocenters. The Morgan fingerprint density at radius 1 is 0.842 bits per heavy atom. The van der Waals surface area contributed by atoms with Gasteiger partial charge in [-0.15, -0.1) is 0 Å². The topological polar surface area (TPSA) is 37.3 Å². The molecule has 0 aromatic heterocycles. The molecule has 100 valence electrons. The highest BCUT2D eigenvalue weighted by Crippen LogP contribution is 2.18. The molecule has 5 heteroatoms. The number of hydrogen-bond acceptors (Lipinski definition) is 1. The summed E-state index contributed by atoms with van der Waals surface area (Å²) >= 11 is 14.4. The Morgan fingerprint density at radius 3 is 1.68 bits per heavy atom. The van der Waals surface area contributed by atoms with Gasteiger partial charge in [0.05, 0.1) is 5.56 Å². The average molecular weight is 318 g/mol. The van der Waals surface area contributed by atoms with Gasteiger partial charge in [-0.05, 0) is 23.3 Å². The van der Waals surface area contributed by atoms with Crippen LogP contribution < -0.4 is 0 Å². The number of carbonyl (C=O) groups is 1. The highest BCUT2D eigenvalue weighted by atomic mass is 35.6. The van der Waals surface area contributed by atoms with Gasteiger partial charge >= 0.3 is 5.97 Å². The fourth-order valence-electron chi connectivity index (χ4n) is 1.44. The zero-order valence-electron chi connectivity index (χ0n) is 9.76. The van der Waals surface area contributed by atoms with E-state index in [1.807, 2.05) is 42.5 Å². The highest BCUT2D eigenvalue weighted by molar-refractivity contribution is 6.63. The molecule has 0 aliphatic heterocycles. The fraction of sp³-hybridized carbons (Fsp3) is 0.0714. The van der Waals surface area contributed by atoms with E-state index in [0.29, 0.717) is 5.56 Å². The van der Waals surface area contributed by atoms with Gasteiger partial charge in [-0.1, -0.05) is 77.3 Å². The number of rotatable bonds is 2. The molecule has 2 aromatic carbocycles. The van der Waals surface area contributed by atoms with Crippen molar-refractivity contribution in [2.45, 2.75) is 4.30 Å². The van der Waals surface area contributed by atoms with Gasteiger partial charge in [0.15, 0.2) is 4.30 Å². The number of carboxylic acid groups (broad SMARTS) is 1. The fourth-order valence-corrected chi connectivity index (χ4v) is 1.44. The summed E-state index contributed by atoms with van der Waals surface area (Å²) in [6.45, 7) is 0. The predicted molar refractivity (Wildman–Crippen MR) is 80.2 cm³/mol. The average Bonchev–Trinajstić information content (AvgIpc) is 2.39. The van der Waals surface area contributed by atoms with Gasteiger partial charge in [-0.25, -0.2) is 4.79 Å². The summed E-state index contributed by atoms with van der Waals surface area (Å²) in [7, 11) is 0. The zero-order valence-corrected chi connectivity index (χ0v) is 12.0. The molecule has 2 aromatic rings. The first-order valence-corrected chi connectivity index (χ1v) is 6.62. The van der Waals surface area contributed by atoms with Crippen molar-refractivity contribution in [3.63, 3.8) is 0 Å². The third kappa shape index (κ3) is 5.97. The van der Waals surface area contributed by atoms with Crippen LogP contribution in [0.4, 0.5) is 0 Å². The highest BCUT2D eigenvalue weighted by Gasteiger charge is 2.02. The Morgan fingerprint density at radius 2 is 1.26 bits per heavy atom. The van der Waals surface area contributed by atoms with E-state index in [9.17, 15) is 4.79 Å². The van der Waals surface area contributed by atoms with Crippen LogP contribution in [0.3, 0.4) is 0 Å². The number of carboxylic acids is 1. The summed E-state index contributed by atoms with van der Waals surface area (Å²) in [5.74, 6) is -0.894. The van der Waals surface area contributed by atoms with Gasteiger partial charge in [0.2, 0.25) is 0 Å². The molecule has 0 saturated heterocycles. The molecule has 0 bridgehead atoms. The molecule has 0 spiro atoms. The van der Waals surface area contributed by atoms with Crippen LogP contribution in [0.1, 0.15) is 10.4 Å². The van der Waals surface area contributed by atoms with Gasteiger partial charge in [0.25, 0.3) is 0 Å². The Kier molecular flexibility index (Phi) is 6.71. The maximum atomic E-state index is 10.6. The van der Waals surface area contributed by atoms with Gasteiger partial charge in [0.1, 0.15) is 0 Å². The number of hydrogen-bond donors (Lipinski definition) is 1. The largest absolute Gasteiger partial charge is 0.478 e. The van der Waals surface area contributed by atoms with Crippen molar-refractivity contribution in [3.8, 4) is 11.1 Å². The van der Waals surface area contributed by atoms with Crippen molar-refractivity contribution in [3.05, 3.63) is 60.2 Å². The molecule has 2 nitrogen and oxygen atoms in total. The molecule has 0 saturated carbocycles. The monoisotopic (exact) mass is 316 g/mol. The van der Waals surface area contributed by atoms with E-state index in [-0.39, 0.29) is 0 Å². The molecule has 19 heavy (non-hydrogen) atoms. The summed E-state index contributed by atoms with van der Waals surface area (Å²) in [4.78, 5) is 10.6. The van der Waals surface area contributed by atoms with Crippen molar-refractivity contribution in [1.82, 2.24) is 0 Å². The lowest BCUT2D eigenvalue weighted by Crippen LogP contribution is -1.94. The van der Waals surface area contributed by atoms with E-state index >= 15 is 0 Å². The molecule has 0 aliphatic carbocycles. The normalized spacial score (nSPS) is 9.68. The summed E-state index contributed by atoms with van der Waals surface area (Å²) in [6.07, 6.45) is 0. The second-order valence-corrected chi connectivity index (χ2v) is 5.48. The number of aromatic carboxylic acids is 1. The molecule has 0 aliphatic rings. The minimum absolute atomic E-state index is 0.315. The molecule has 0 amide bonds. The van der Waals surface area contributed by atoms with E-state index in [4.69, 9.17) is 39.9 Å². The first kappa shape index (κ1) is 15.8. The minimum atomic E-state index is -0.894. The van der Waals surface area contributed by atoms with Crippen LogP contribution in [0.2, 0.25) is 0 Å². The van der Waals surface area contributed by atoms with Crippen LogP contribution >= 0.6 is 34.8 Å². The minimum Gasteiger partial charge on any atom is -0.478 e. The maximum Gasteiger partial charge on any atom is 0.335 e. The summed E-state index contributed by atoms with van der Waals surface area (Å²) in [6, 6.07) is 16.7. The Labute approximate surface area is 126 Å². The molecule has 0 radical (unpaired) electrons. The van der Waals surface area contributed by atoms with E-state index in [0.717, 1.165) is 11.1 Å². The van der Waals surface area contributed by atoms with Gasteiger partial charge in [-0.3, -0.25) is 0 Å². The standard InChI is InChI=1S/C13H10O2.CHCl3/c14-13(15)12-8-6-11(7-9-12)10-4-2-1-3-5-10;2-1(3)4/h1-9H,(H,14,15);1H. The second kappa shape index (κ2) is 8.05. The van der Waals surface area contributed by atoms with Crippen LogP contribution in [-0.2, 0) is 0 Å². The van der Waals surface area contributed by atoms with Crippen molar-refractivity contribution in [1.29, 1.82) is 0 Å². The summed E-state index contributed by atoms with van der Waals surface area (Å²) < 4.78 is -0.750. The van der Waals surface area contributed by atoms with E-state index < -0.39 is 10.3 Å². The van der Waals surface area contributed by atoms with Crippen LogP contribution in [-0.4, -0.2) is 15.4 Å². The SMILES string of the molecule is ClC(Cl)Cl.O=C(O)c1ccc(-c2ccccc2)cc1. The van der Waals surface area contributed by atoms with E-state index in [1.54, 1.807) is 12.1 Å². The van der Waals surface area contributed by atoms with Crippen LogP contribution in [0.25, 0.3) is 11.1 Å². The third-order valence-electron chi connectivity index (χ3n) is 2.24. The molecule has 0 fully saturated rings. The van der Waals surface area contributed by atoms with Gasteiger partial charge < -0.3 is 5.11 Å². The van der Waals surface area contributed by atoms with Gasteiger partial charge in [0, 0.05) is 0 Å². The van der Waals surface area contributed by atoms with Crippen LogP contribution in [0, 0.1) is 0 Å². The molecule has 1 N–H and O–H groups in total. The predicted octanol–water partition coefficient (Wildman–Crippen LogP) is 5.04. The molecule has 0 heterocycles. The maximum absolute atomic E-state index is 10.6. The summed E-state index contributed by atoms with van der Waals surface area (Å²) in [5, 5.41) is 8.75. The molecule has 0 unspecified atom stereocenters. The second-order valence-electron chi connectivity index (χ2n) is 3.50. The van der Waals surface area contributed by atoms with Gasteiger partial charge in [-0.2, -0.15) is 0 Å². The zero-order chi connectivity index (χ0) is 14.3. The van der Waals surface area contributed by atoms with Crippen molar-refractivity contribution < 1.29 is 9.90 Å². The Balaban J connectivity index is 0.000000399. The van der Waals surface area contributed by atoms with Crippen molar-refractivity contribution in [2.75, 3.05) is 0 Å². The lowest BCUT2D eigenvalue weighted by molar-refractivity contribution is 0.0697. The quantitative estimate of drug-likeness (QED) is 0.788. The van der Waals surface area contributed by atoms with Crippen LogP contribution in [0.5, 0.6) is 0 Å². The van der Waals surface area contributed by atoms with Crippen molar-refractivity contribution >= 4 is 40.8 Å². The third-order valence-corrected chi connectivity index (χ3v) is 2.24. The molecular weight excluding hydrogens is 307 g/mol. The number of alkyl halides is 3. The first-order chi connectivity index (χ1) is 9.00. The van der Waals surface area contributed by atoms with E-state index in [2.05, 4.69) is 0 Å². The molecule has 2 rings (SSSR count). The number of halogens is 3. The van der Waals surface area contributed by atoms with Crippen LogP contribution in [0.15, 0.2) is 54.6 Å². The Bertz CT molecular complexity index is 507. The molecular formula is C14H11Cl3O2. The first-order valence-electron chi connectivity index (χ1n) is 5.31. The number of benzene rings is 2. The lowest BCUT2D eigenvalue weighted by Gasteiger charge is -2.01. The lowest BCUT2D eigenvalue weighted by atomic mass is 10.0. The smallest absolute Gasteiger partial charge is 0.335 e. The van der Waals surface area contributed by atoms with Crippen molar-refractivity contribution in [2.24, 2.45) is 0 Å². The Hall–Kier alpha value is -1.22. The van der Waals surface area contributed by atoms with E-state index in [1.165, 1.54) is 0 Å². The summed E-state index contributed by atoms with van der Waals surface area (Å²) in [5.41, 5.74) is 2.43.